The number of benzene rings is 1. The minimum absolute atomic E-state index is 0.536. The summed E-state index contributed by atoms with van der Waals surface area (Å²) in [5, 5.41) is 0.536. The van der Waals surface area contributed by atoms with Gasteiger partial charge in [-0.15, -0.1) is 0 Å². The summed E-state index contributed by atoms with van der Waals surface area (Å²) >= 11 is 5.81. The number of hydrogen-bond donors (Lipinski definition) is 0. The van der Waals surface area contributed by atoms with Crippen molar-refractivity contribution < 1.29 is 4.21 Å². The van der Waals surface area contributed by atoms with Gasteiger partial charge in [0.2, 0.25) is 0 Å². The lowest BCUT2D eigenvalue weighted by Crippen LogP contribution is -1.88. The zero-order valence-electron chi connectivity index (χ0n) is 6.95. The molecule has 1 aromatic carbocycles. The van der Waals surface area contributed by atoms with Gasteiger partial charge >= 0.3 is 0 Å². The van der Waals surface area contributed by atoms with Crippen molar-refractivity contribution in [2.45, 2.75) is 0 Å². The zero-order valence-corrected chi connectivity index (χ0v) is 8.52. The van der Waals surface area contributed by atoms with Gasteiger partial charge in [0.1, 0.15) is 0 Å². The molecule has 0 aliphatic rings. The molecule has 0 unspecified atom stereocenters. The smallest absolute Gasteiger partial charge is 0.0916 e. The average Bonchev–Trinajstić information content (AvgIpc) is 1.91. The predicted octanol–water partition coefficient (Wildman–Crippen LogP) is 2.70. The van der Waals surface area contributed by atoms with Crippen molar-refractivity contribution in [2.24, 2.45) is 4.36 Å². The lowest BCUT2D eigenvalue weighted by Gasteiger charge is -1.98. The van der Waals surface area contributed by atoms with Crippen molar-refractivity contribution in [1.29, 1.82) is 0 Å². The van der Waals surface area contributed by atoms with Gasteiger partial charge in [-0.05, 0) is 12.1 Å². The highest BCUT2D eigenvalue weighted by Gasteiger charge is 1.97. The van der Waals surface area contributed by atoms with Crippen LogP contribution in [-0.4, -0.2) is 16.7 Å². The van der Waals surface area contributed by atoms with Crippen LogP contribution >= 0.6 is 11.6 Å². The minimum atomic E-state index is -2.11. The molecule has 0 spiro atoms. The Hall–Kier alpha value is -0.540. The molecular weight excluding hydrogens is 194 g/mol. The standard InChI is InChI=1S/C8H10ClNOS/c1-12(2,11)10-8-6-4-3-5-7(8)9/h3-6H,1-2H3. The normalized spacial score (nSPS) is 11.2. The second-order valence-electron chi connectivity index (χ2n) is 2.72. The summed E-state index contributed by atoms with van der Waals surface area (Å²) in [6.07, 6.45) is 3.16. The fraction of sp³-hybridized carbons (Fsp3) is 0.250. The van der Waals surface area contributed by atoms with Gasteiger partial charge in [-0.25, -0.2) is 4.21 Å². The van der Waals surface area contributed by atoms with E-state index < -0.39 is 9.73 Å². The van der Waals surface area contributed by atoms with Crippen molar-refractivity contribution in [2.75, 3.05) is 12.5 Å². The van der Waals surface area contributed by atoms with Gasteiger partial charge in [0.15, 0.2) is 0 Å². The van der Waals surface area contributed by atoms with Crippen LogP contribution in [0.5, 0.6) is 0 Å². The Morgan fingerprint density at radius 1 is 1.33 bits per heavy atom. The van der Waals surface area contributed by atoms with E-state index in [0.29, 0.717) is 10.7 Å². The fourth-order valence-corrected chi connectivity index (χ4v) is 1.62. The van der Waals surface area contributed by atoms with Gasteiger partial charge in [0.25, 0.3) is 0 Å². The van der Waals surface area contributed by atoms with E-state index in [1.54, 1.807) is 24.6 Å². The fourth-order valence-electron chi connectivity index (χ4n) is 0.763. The third-order valence-electron chi connectivity index (χ3n) is 1.17. The summed E-state index contributed by atoms with van der Waals surface area (Å²) in [6, 6.07) is 7.10. The van der Waals surface area contributed by atoms with Crippen molar-refractivity contribution in [3.63, 3.8) is 0 Å². The summed E-state index contributed by atoms with van der Waals surface area (Å²) < 4.78 is 15.3. The number of rotatable bonds is 1. The van der Waals surface area contributed by atoms with Crippen LogP contribution in [0.15, 0.2) is 28.6 Å². The molecule has 0 saturated heterocycles. The third-order valence-corrected chi connectivity index (χ3v) is 2.13. The van der Waals surface area contributed by atoms with E-state index in [-0.39, 0.29) is 0 Å². The van der Waals surface area contributed by atoms with Crippen LogP contribution in [0.3, 0.4) is 0 Å². The van der Waals surface area contributed by atoms with Crippen molar-refractivity contribution >= 4 is 27.0 Å². The second-order valence-corrected chi connectivity index (χ2v) is 5.68. The average molecular weight is 204 g/mol. The topological polar surface area (TPSA) is 29.4 Å². The summed E-state index contributed by atoms with van der Waals surface area (Å²) in [4.78, 5) is 0. The molecule has 1 rings (SSSR count). The Kier molecular flexibility index (Phi) is 2.75. The lowest BCUT2D eigenvalue weighted by atomic mass is 10.3. The summed E-state index contributed by atoms with van der Waals surface area (Å²) in [6.45, 7) is 0. The quantitative estimate of drug-likeness (QED) is 0.690. The molecule has 4 heteroatoms. The molecule has 12 heavy (non-hydrogen) atoms. The summed E-state index contributed by atoms with van der Waals surface area (Å²) in [7, 11) is -2.11. The van der Waals surface area contributed by atoms with Crippen LogP contribution in [0.1, 0.15) is 0 Å². The minimum Gasteiger partial charge on any atom is -0.250 e. The number of halogens is 1. The van der Waals surface area contributed by atoms with E-state index in [4.69, 9.17) is 11.6 Å². The highest BCUT2D eigenvalue weighted by Crippen LogP contribution is 2.24. The maximum Gasteiger partial charge on any atom is 0.0916 e. The molecule has 0 radical (unpaired) electrons. The van der Waals surface area contributed by atoms with E-state index in [2.05, 4.69) is 4.36 Å². The Morgan fingerprint density at radius 3 is 2.42 bits per heavy atom. The third kappa shape index (κ3) is 2.83. The maximum atomic E-state index is 11.3. The van der Waals surface area contributed by atoms with Crippen LogP contribution in [0.2, 0.25) is 5.02 Å². The Bertz CT molecular complexity index is 386. The molecule has 0 N–H and O–H groups in total. The van der Waals surface area contributed by atoms with Gasteiger partial charge in [-0.1, -0.05) is 23.7 Å². The molecule has 1 aromatic rings. The number of hydrogen-bond acceptors (Lipinski definition) is 2. The molecule has 0 aliphatic carbocycles. The highest BCUT2D eigenvalue weighted by atomic mass is 35.5. The summed E-state index contributed by atoms with van der Waals surface area (Å²) in [5.74, 6) is 0. The van der Waals surface area contributed by atoms with Crippen LogP contribution in [0.25, 0.3) is 0 Å². The first-order valence-electron chi connectivity index (χ1n) is 3.41. The van der Waals surface area contributed by atoms with Gasteiger partial charge in [-0.2, -0.15) is 4.36 Å². The van der Waals surface area contributed by atoms with Crippen molar-refractivity contribution in [1.82, 2.24) is 0 Å². The van der Waals surface area contributed by atoms with Gasteiger partial charge < -0.3 is 0 Å². The van der Waals surface area contributed by atoms with E-state index in [1.807, 2.05) is 12.1 Å². The molecule has 0 saturated carbocycles. The van der Waals surface area contributed by atoms with E-state index in [0.717, 1.165) is 0 Å². The molecule has 0 aromatic heterocycles. The maximum absolute atomic E-state index is 11.3. The number of nitrogens with zero attached hydrogens (tertiary/aromatic N) is 1. The van der Waals surface area contributed by atoms with Crippen LogP contribution in [0, 0.1) is 0 Å². The molecule has 0 atom stereocenters. The first-order chi connectivity index (χ1) is 5.49. The Morgan fingerprint density at radius 2 is 1.92 bits per heavy atom. The lowest BCUT2D eigenvalue weighted by molar-refractivity contribution is 0.684. The summed E-state index contributed by atoms with van der Waals surface area (Å²) in [5.41, 5.74) is 0.592. The van der Waals surface area contributed by atoms with E-state index in [1.165, 1.54) is 0 Å². The van der Waals surface area contributed by atoms with Gasteiger partial charge in [0, 0.05) is 22.2 Å². The van der Waals surface area contributed by atoms with Gasteiger partial charge in [0.05, 0.1) is 10.7 Å². The largest absolute Gasteiger partial charge is 0.250 e. The van der Waals surface area contributed by atoms with E-state index in [9.17, 15) is 4.21 Å². The second kappa shape index (κ2) is 3.46. The SMILES string of the molecule is CS(C)(=O)=Nc1ccccc1Cl. The van der Waals surface area contributed by atoms with Crippen molar-refractivity contribution in [3.8, 4) is 0 Å². The van der Waals surface area contributed by atoms with Crippen LogP contribution in [-0.2, 0) is 9.73 Å². The van der Waals surface area contributed by atoms with Crippen LogP contribution < -0.4 is 0 Å². The highest BCUT2D eigenvalue weighted by molar-refractivity contribution is 7.92. The van der Waals surface area contributed by atoms with Crippen molar-refractivity contribution in [3.05, 3.63) is 29.3 Å². The Balaban J connectivity index is 3.23. The molecule has 0 bridgehead atoms. The molecule has 2 nitrogen and oxygen atoms in total. The van der Waals surface area contributed by atoms with E-state index >= 15 is 0 Å². The predicted molar refractivity (Wildman–Crippen MR) is 53.5 cm³/mol. The molecule has 66 valence electrons. The zero-order chi connectivity index (χ0) is 9.19. The first-order valence-corrected chi connectivity index (χ1v) is 6.12. The van der Waals surface area contributed by atoms with Gasteiger partial charge in [-0.3, -0.25) is 0 Å². The molecule has 0 aliphatic heterocycles. The molecular formula is C8H10ClNOS. The molecule has 0 heterocycles. The molecule has 0 amide bonds. The monoisotopic (exact) mass is 203 g/mol. The Labute approximate surface area is 77.7 Å². The molecule has 0 fully saturated rings. The first kappa shape index (κ1) is 9.55. The van der Waals surface area contributed by atoms with Crippen LogP contribution in [0.4, 0.5) is 5.69 Å².